The molecule has 0 spiro atoms. The maximum absolute atomic E-state index is 13.4. The highest BCUT2D eigenvalue weighted by Crippen LogP contribution is 2.38. The van der Waals surface area contributed by atoms with Gasteiger partial charge in [0.05, 0.1) is 12.5 Å². The summed E-state index contributed by atoms with van der Waals surface area (Å²) in [5, 5.41) is 0.429. The van der Waals surface area contributed by atoms with E-state index < -0.39 is 6.04 Å². The molecular weight excluding hydrogens is 390 g/mol. The number of hydrogen-bond acceptors (Lipinski definition) is 4. The van der Waals surface area contributed by atoms with Crippen LogP contribution in [-0.4, -0.2) is 24.5 Å². The summed E-state index contributed by atoms with van der Waals surface area (Å²) in [5.74, 6) is 0.934. The summed E-state index contributed by atoms with van der Waals surface area (Å²) in [4.78, 5) is 28.3. The van der Waals surface area contributed by atoms with Gasteiger partial charge in [0.15, 0.2) is 0 Å². The van der Waals surface area contributed by atoms with Gasteiger partial charge in [0, 0.05) is 6.54 Å². The molecule has 1 amide bonds. The van der Waals surface area contributed by atoms with Crippen molar-refractivity contribution in [3.05, 3.63) is 112 Å². The summed E-state index contributed by atoms with van der Waals surface area (Å²) < 4.78 is 11.4. The lowest BCUT2D eigenvalue weighted by atomic mass is 10.0. The number of hydrogen-bond donors (Lipinski definition) is 0. The minimum Gasteiger partial charge on any atom is -0.497 e. The van der Waals surface area contributed by atoms with Gasteiger partial charge in [-0.1, -0.05) is 54.6 Å². The van der Waals surface area contributed by atoms with Crippen LogP contribution in [0, 0.1) is 0 Å². The van der Waals surface area contributed by atoms with Gasteiger partial charge in [0.25, 0.3) is 5.91 Å². The Morgan fingerprint density at radius 3 is 2.35 bits per heavy atom. The fourth-order valence-corrected chi connectivity index (χ4v) is 4.20. The molecule has 0 saturated carbocycles. The van der Waals surface area contributed by atoms with Crippen LogP contribution in [0.15, 0.2) is 88.1 Å². The fourth-order valence-electron chi connectivity index (χ4n) is 4.20. The Labute approximate surface area is 179 Å². The molecule has 31 heavy (non-hydrogen) atoms. The van der Waals surface area contributed by atoms with Crippen molar-refractivity contribution in [3.63, 3.8) is 0 Å². The van der Waals surface area contributed by atoms with Crippen molar-refractivity contribution in [2.45, 2.75) is 12.5 Å². The Bertz CT molecular complexity index is 1310. The number of amides is 1. The van der Waals surface area contributed by atoms with Crippen molar-refractivity contribution in [2.24, 2.45) is 0 Å². The number of methoxy groups -OCH3 is 1. The van der Waals surface area contributed by atoms with E-state index in [0.29, 0.717) is 29.7 Å². The van der Waals surface area contributed by atoms with E-state index in [1.54, 1.807) is 30.2 Å². The molecule has 2 heterocycles. The molecule has 1 aromatic heterocycles. The normalized spacial score (nSPS) is 15.3. The van der Waals surface area contributed by atoms with Gasteiger partial charge in [-0.05, 0) is 41.8 Å². The fraction of sp³-hybridized carbons (Fsp3) is 0.154. The molecule has 4 aromatic rings. The van der Waals surface area contributed by atoms with Gasteiger partial charge in [0.2, 0.25) is 5.43 Å². The summed E-state index contributed by atoms with van der Waals surface area (Å²) in [7, 11) is 1.63. The number of carbonyl (C=O) groups is 1. The summed E-state index contributed by atoms with van der Waals surface area (Å²) in [6.45, 7) is 0.463. The number of para-hydroxylation sites is 1. The van der Waals surface area contributed by atoms with Crippen LogP contribution in [0.3, 0.4) is 0 Å². The highest BCUT2D eigenvalue weighted by molar-refractivity contribution is 6.01. The van der Waals surface area contributed by atoms with E-state index in [4.69, 9.17) is 9.15 Å². The smallest absolute Gasteiger partial charge is 0.262 e. The Morgan fingerprint density at radius 1 is 0.903 bits per heavy atom. The molecule has 0 radical (unpaired) electrons. The van der Waals surface area contributed by atoms with Gasteiger partial charge in [-0.2, -0.15) is 0 Å². The molecule has 1 unspecified atom stereocenters. The first-order valence-electron chi connectivity index (χ1n) is 10.2. The maximum Gasteiger partial charge on any atom is 0.262 e. The minimum atomic E-state index is -0.431. The molecular formula is C26H21NO4. The first-order valence-corrected chi connectivity index (χ1v) is 10.2. The molecule has 0 fully saturated rings. The zero-order valence-corrected chi connectivity index (χ0v) is 17.1. The van der Waals surface area contributed by atoms with E-state index in [1.165, 1.54) is 0 Å². The van der Waals surface area contributed by atoms with E-state index in [0.717, 1.165) is 16.9 Å². The lowest BCUT2D eigenvalue weighted by molar-refractivity contribution is 0.0746. The minimum absolute atomic E-state index is 0.141. The number of fused-ring (bicyclic) bond motifs is 2. The molecule has 5 nitrogen and oxygen atoms in total. The van der Waals surface area contributed by atoms with Crippen LogP contribution in [0.25, 0.3) is 11.0 Å². The highest BCUT2D eigenvalue weighted by Gasteiger charge is 2.42. The van der Waals surface area contributed by atoms with Crippen molar-refractivity contribution < 1.29 is 13.9 Å². The van der Waals surface area contributed by atoms with Crippen LogP contribution in [-0.2, 0) is 6.42 Å². The van der Waals surface area contributed by atoms with Crippen molar-refractivity contribution in [1.29, 1.82) is 0 Å². The van der Waals surface area contributed by atoms with E-state index in [9.17, 15) is 9.59 Å². The van der Waals surface area contributed by atoms with E-state index in [-0.39, 0.29) is 16.9 Å². The molecule has 3 aromatic carbocycles. The Hall–Kier alpha value is -3.86. The van der Waals surface area contributed by atoms with Crippen molar-refractivity contribution in [1.82, 2.24) is 4.90 Å². The first-order chi connectivity index (χ1) is 15.2. The van der Waals surface area contributed by atoms with Crippen LogP contribution in [0.5, 0.6) is 5.75 Å². The zero-order valence-electron chi connectivity index (χ0n) is 17.1. The monoisotopic (exact) mass is 411 g/mol. The van der Waals surface area contributed by atoms with E-state index >= 15 is 0 Å². The Kier molecular flexibility index (Phi) is 4.79. The molecule has 0 bridgehead atoms. The van der Waals surface area contributed by atoms with Gasteiger partial charge < -0.3 is 14.1 Å². The first kappa shape index (κ1) is 19.1. The van der Waals surface area contributed by atoms with Gasteiger partial charge in [-0.3, -0.25) is 9.59 Å². The molecule has 5 heteroatoms. The number of rotatable bonds is 5. The Morgan fingerprint density at radius 2 is 1.61 bits per heavy atom. The van der Waals surface area contributed by atoms with Crippen LogP contribution in [0.2, 0.25) is 0 Å². The van der Waals surface area contributed by atoms with Crippen LogP contribution < -0.4 is 10.2 Å². The third kappa shape index (κ3) is 3.28. The third-order valence-corrected chi connectivity index (χ3v) is 5.78. The number of nitrogens with zero attached hydrogens (tertiary/aromatic N) is 1. The molecule has 0 saturated heterocycles. The lowest BCUT2D eigenvalue weighted by Crippen LogP contribution is -2.31. The second kappa shape index (κ2) is 7.76. The van der Waals surface area contributed by atoms with E-state index in [1.807, 2.05) is 60.7 Å². The quantitative estimate of drug-likeness (QED) is 0.482. The summed E-state index contributed by atoms with van der Waals surface area (Å²) in [6, 6.07) is 24.1. The lowest BCUT2D eigenvalue weighted by Gasteiger charge is -2.25. The molecule has 0 aliphatic carbocycles. The number of ether oxygens (including phenoxy) is 1. The van der Waals surface area contributed by atoms with Crippen LogP contribution in [0.1, 0.15) is 33.3 Å². The average Bonchev–Trinajstić information content (AvgIpc) is 3.10. The predicted octanol–water partition coefficient (Wildman–Crippen LogP) is 4.59. The summed E-state index contributed by atoms with van der Waals surface area (Å²) >= 11 is 0. The standard InChI is InChI=1S/C26H21NO4/c1-30-19-13-11-17(12-14-19)15-16-27-23(18-7-3-2-4-8-18)25-22(26(27)29)24(28)20-9-5-6-10-21(20)31-25/h2-14,23H,15-16H2,1H3. The average molecular weight is 411 g/mol. The van der Waals surface area contributed by atoms with Crippen molar-refractivity contribution >= 4 is 16.9 Å². The molecule has 1 aliphatic heterocycles. The third-order valence-electron chi connectivity index (χ3n) is 5.78. The molecule has 5 rings (SSSR count). The molecule has 154 valence electrons. The summed E-state index contributed by atoms with van der Waals surface area (Å²) in [6.07, 6.45) is 0.654. The van der Waals surface area contributed by atoms with Crippen LogP contribution in [0.4, 0.5) is 0 Å². The van der Waals surface area contributed by atoms with Crippen molar-refractivity contribution in [2.75, 3.05) is 13.7 Å². The SMILES string of the molecule is COc1ccc(CCN2C(=O)c3c(oc4ccccc4c3=O)C2c2ccccc2)cc1. The maximum atomic E-state index is 13.4. The second-order valence-corrected chi connectivity index (χ2v) is 7.58. The topological polar surface area (TPSA) is 59.8 Å². The van der Waals surface area contributed by atoms with Gasteiger partial charge in [-0.15, -0.1) is 0 Å². The predicted molar refractivity (Wildman–Crippen MR) is 119 cm³/mol. The van der Waals surface area contributed by atoms with Crippen molar-refractivity contribution in [3.8, 4) is 5.75 Å². The number of benzene rings is 3. The van der Waals surface area contributed by atoms with E-state index in [2.05, 4.69) is 0 Å². The zero-order chi connectivity index (χ0) is 21.4. The number of carbonyl (C=O) groups excluding carboxylic acids is 1. The van der Waals surface area contributed by atoms with Gasteiger partial charge >= 0.3 is 0 Å². The largest absolute Gasteiger partial charge is 0.497 e. The van der Waals surface area contributed by atoms with Gasteiger partial charge in [-0.25, -0.2) is 0 Å². The van der Waals surface area contributed by atoms with Crippen LogP contribution >= 0.6 is 0 Å². The molecule has 0 N–H and O–H groups in total. The highest BCUT2D eigenvalue weighted by atomic mass is 16.5. The molecule has 1 atom stereocenters. The molecule has 1 aliphatic rings. The van der Waals surface area contributed by atoms with Gasteiger partial charge in [0.1, 0.15) is 28.7 Å². The Balaban J connectivity index is 1.57. The second-order valence-electron chi connectivity index (χ2n) is 7.58. The summed E-state index contributed by atoms with van der Waals surface area (Å²) in [5.41, 5.74) is 2.37.